The molecule has 0 aliphatic rings. The summed E-state index contributed by atoms with van der Waals surface area (Å²) in [5, 5.41) is 3.01. The second-order valence-electron chi connectivity index (χ2n) is 5.93. The van der Waals surface area contributed by atoms with Crippen molar-refractivity contribution in [2.75, 3.05) is 6.54 Å². The first kappa shape index (κ1) is 16.7. The van der Waals surface area contributed by atoms with Crippen molar-refractivity contribution in [1.29, 1.82) is 0 Å². The van der Waals surface area contributed by atoms with Crippen LogP contribution < -0.4 is 11.1 Å². The minimum absolute atomic E-state index is 0.00676. The van der Waals surface area contributed by atoms with Gasteiger partial charge in [-0.1, -0.05) is 64.4 Å². The van der Waals surface area contributed by atoms with Crippen LogP contribution in [0.3, 0.4) is 0 Å². The predicted molar refractivity (Wildman–Crippen MR) is 84.5 cm³/mol. The lowest BCUT2D eigenvalue weighted by Crippen LogP contribution is -2.43. The summed E-state index contributed by atoms with van der Waals surface area (Å²) >= 11 is 0. The summed E-state index contributed by atoms with van der Waals surface area (Å²) in [6.45, 7) is 8.92. The summed E-state index contributed by atoms with van der Waals surface area (Å²) < 4.78 is 0. The standard InChI is InChI=1S/C17H28N2O/c1-5-13(4)16(14-9-7-6-8-10-14)17(20)19-11-15(18)12(2)3/h6-10,12-13,15-16H,5,11,18H2,1-4H3,(H,19,20). The fourth-order valence-corrected chi connectivity index (χ4v) is 2.20. The maximum Gasteiger partial charge on any atom is 0.227 e. The van der Waals surface area contributed by atoms with Crippen molar-refractivity contribution < 1.29 is 4.79 Å². The molecule has 0 fully saturated rings. The highest BCUT2D eigenvalue weighted by molar-refractivity contribution is 5.84. The number of carbonyl (C=O) groups is 1. The molecular weight excluding hydrogens is 248 g/mol. The van der Waals surface area contributed by atoms with E-state index < -0.39 is 0 Å². The molecule has 20 heavy (non-hydrogen) atoms. The Balaban J connectivity index is 2.77. The molecular formula is C17H28N2O. The van der Waals surface area contributed by atoms with E-state index in [0.29, 0.717) is 18.4 Å². The monoisotopic (exact) mass is 276 g/mol. The molecule has 0 saturated carbocycles. The second kappa shape index (κ2) is 8.05. The van der Waals surface area contributed by atoms with Gasteiger partial charge in [-0.2, -0.15) is 0 Å². The highest BCUT2D eigenvalue weighted by atomic mass is 16.1. The largest absolute Gasteiger partial charge is 0.354 e. The molecule has 0 aromatic heterocycles. The van der Waals surface area contributed by atoms with Crippen LogP contribution in [0.2, 0.25) is 0 Å². The van der Waals surface area contributed by atoms with Gasteiger partial charge in [0.2, 0.25) is 5.91 Å². The van der Waals surface area contributed by atoms with Crippen LogP contribution in [0.1, 0.15) is 45.6 Å². The van der Waals surface area contributed by atoms with Gasteiger partial charge in [-0.25, -0.2) is 0 Å². The van der Waals surface area contributed by atoms with E-state index in [-0.39, 0.29) is 17.9 Å². The van der Waals surface area contributed by atoms with Crippen LogP contribution in [0, 0.1) is 11.8 Å². The minimum atomic E-state index is -0.0967. The molecule has 1 rings (SSSR count). The Labute approximate surface area is 122 Å². The van der Waals surface area contributed by atoms with Crippen molar-refractivity contribution in [1.82, 2.24) is 5.32 Å². The van der Waals surface area contributed by atoms with Crippen LogP contribution in [0.4, 0.5) is 0 Å². The fourth-order valence-electron chi connectivity index (χ4n) is 2.20. The fraction of sp³-hybridized carbons (Fsp3) is 0.588. The second-order valence-corrected chi connectivity index (χ2v) is 5.93. The lowest BCUT2D eigenvalue weighted by molar-refractivity contribution is -0.123. The highest BCUT2D eigenvalue weighted by Crippen LogP contribution is 2.27. The average molecular weight is 276 g/mol. The Bertz CT molecular complexity index is 403. The smallest absolute Gasteiger partial charge is 0.227 e. The number of amides is 1. The normalized spacial score (nSPS) is 15.7. The molecule has 3 atom stereocenters. The zero-order chi connectivity index (χ0) is 15.1. The molecule has 3 heteroatoms. The molecule has 3 N–H and O–H groups in total. The van der Waals surface area contributed by atoms with Crippen LogP contribution in [0.5, 0.6) is 0 Å². The van der Waals surface area contributed by atoms with Crippen LogP contribution in [-0.2, 0) is 4.79 Å². The Hall–Kier alpha value is -1.35. The third kappa shape index (κ3) is 4.64. The lowest BCUT2D eigenvalue weighted by Gasteiger charge is -2.24. The Kier molecular flexibility index (Phi) is 6.73. The summed E-state index contributed by atoms with van der Waals surface area (Å²) in [5.74, 6) is 0.670. The molecule has 3 nitrogen and oxygen atoms in total. The van der Waals surface area contributed by atoms with Crippen LogP contribution in [0.15, 0.2) is 30.3 Å². The average Bonchev–Trinajstić information content (AvgIpc) is 2.45. The summed E-state index contributed by atoms with van der Waals surface area (Å²) in [6, 6.07) is 10.0. The first-order chi connectivity index (χ1) is 9.47. The van der Waals surface area contributed by atoms with Crippen LogP contribution in [0.25, 0.3) is 0 Å². The third-order valence-electron chi connectivity index (χ3n) is 4.02. The quantitative estimate of drug-likeness (QED) is 0.804. The van der Waals surface area contributed by atoms with Crippen molar-refractivity contribution in [2.24, 2.45) is 17.6 Å². The molecule has 0 heterocycles. The summed E-state index contributed by atoms with van der Waals surface area (Å²) in [7, 11) is 0. The molecule has 3 unspecified atom stereocenters. The van der Waals surface area contributed by atoms with E-state index in [9.17, 15) is 4.79 Å². The third-order valence-corrected chi connectivity index (χ3v) is 4.02. The summed E-state index contributed by atoms with van der Waals surface area (Å²) in [4.78, 5) is 12.5. The van der Waals surface area contributed by atoms with Gasteiger partial charge in [0.15, 0.2) is 0 Å². The maximum absolute atomic E-state index is 12.5. The summed E-state index contributed by atoms with van der Waals surface area (Å²) in [6.07, 6.45) is 0.975. The molecule has 1 amide bonds. The van der Waals surface area contributed by atoms with Crippen molar-refractivity contribution >= 4 is 5.91 Å². The van der Waals surface area contributed by atoms with Gasteiger partial charge in [0.1, 0.15) is 0 Å². The van der Waals surface area contributed by atoms with Gasteiger partial charge in [0, 0.05) is 12.6 Å². The molecule has 0 saturated heterocycles. The number of nitrogens with one attached hydrogen (secondary N) is 1. The van der Waals surface area contributed by atoms with E-state index in [1.54, 1.807) is 0 Å². The van der Waals surface area contributed by atoms with E-state index in [4.69, 9.17) is 5.73 Å². The number of carbonyl (C=O) groups excluding carboxylic acids is 1. The van der Waals surface area contributed by atoms with E-state index in [0.717, 1.165) is 12.0 Å². The van der Waals surface area contributed by atoms with Gasteiger partial charge < -0.3 is 11.1 Å². The molecule has 112 valence electrons. The Morgan fingerprint density at radius 3 is 2.30 bits per heavy atom. The van der Waals surface area contributed by atoms with E-state index in [2.05, 4.69) is 33.0 Å². The Morgan fingerprint density at radius 1 is 1.20 bits per heavy atom. The zero-order valence-electron chi connectivity index (χ0n) is 13.1. The van der Waals surface area contributed by atoms with Crippen molar-refractivity contribution in [3.8, 4) is 0 Å². The molecule has 0 bridgehead atoms. The first-order valence-corrected chi connectivity index (χ1v) is 7.55. The van der Waals surface area contributed by atoms with E-state index in [1.807, 2.05) is 30.3 Å². The predicted octanol–water partition coefficient (Wildman–Crippen LogP) is 2.92. The topological polar surface area (TPSA) is 55.1 Å². The number of rotatable bonds is 7. The van der Waals surface area contributed by atoms with Crippen LogP contribution in [-0.4, -0.2) is 18.5 Å². The SMILES string of the molecule is CCC(C)C(C(=O)NCC(N)C(C)C)c1ccccc1. The van der Waals surface area contributed by atoms with Crippen molar-refractivity contribution in [2.45, 2.75) is 46.1 Å². The number of nitrogens with two attached hydrogens (primary N) is 1. The Morgan fingerprint density at radius 2 is 1.80 bits per heavy atom. The molecule has 0 radical (unpaired) electrons. The van der Waals surface area contributed by atoms with Gasteiger partial charge in [0.05, 0.1) is 5.92 Å². The molecule has 1 aromatic carbocycles. The van der Waals surface area contributed by atoms with Crippen molar-refractivity contribution in [3.63, 3.8) is 0 Å². The van der Waals surface area contributed by atoms with Gasteiger partial charge in [-0.05, 0) is 17.4 Å². The highest BCUT2D eigenvalue weighted by Gasteiger charge is 2.26. The first-order valence-electron chi connectivity index (χ1n) is 7.55. The number of benzene rings is 1. The maximum atomic E-state index is 12.5. The van der Waals surface area contributed by atoms with Crippen LogP contribution >= 0.6 is 0 Å². The number of hydrogen-bond donors (Lipinski definition) is 2. The number of hydrogen-bond acceptors (Lipinski definition) is 2. The lowest BCUT2D eigenvalue weighted by atomic mass is 9.85. The van der Waals surface area contributed by atoms with E-state index >= 15 is 0 Å². The molecule has 0 spiro atoms. The van der Waals surface area contributed by atoms with E-state index in [1.165, 1.54) is 0 Å². The van der Waals surface area contributed by atoms with Crippen molar-refractivity contribution in [3.05, 3.63) is 35.9 Å². The molecule has 0 aliphatic heterocycles. The van der Waals surface area contributed by atoms with Gasteiger partial charge in [-0.15, -0.1) is 0 Å². The zero-order valence-corrected chi connectivity index (χ0v) is 13.1. The molecule has 0 aliphatic carbocycles. The molecule has 1 aromatic rings. The summed E-state index contributed by atoms with van der Waals surface area (Å²) in [5.41, 5.74) is 7.08. The minimum Gasteiger partial charge on any atom is -0.354 e. The van der Waals surface area contributed by atoms with Gasteiger partial charge >= 0.3 is 0 Å². The van der Waals surface area contributed by atoms with Gasteiger partial charge in [-0.3, -0.25) is 4.79 Å². The van der Waals surface area contributed by atoms with Gasteiger partial charge in [0.25, 0.3) is 0 Å².